The number of amides is 2. The molecule has 0 aromatic heterocycles. The van der Waals surface area contributed by atoms with Crippen LogP contribution < -0.4 is 11.5 Å². The molecule has 4 nitrogen and oxygen atoms in total. The molecule has 0 radical (unpaired) electrons. The fourth-order valence-electron chi connectivity index (χ4n) is 0.819. The quantitative estimate of drug-likeness (QED) is 0.725. The molecule has 0 aliphatic rings. The van der Waals surface area contributed by atoms with Crippen LogP contribution in [-0.2, 0) is 9.59 Å². The highest BCUT2D eigenvalue weighted by Gasteiger charge is 1.96. The van der Waals surface area contributed by atoms with Crippen LogP contribution in [0.4, 0.5) is 0 Å². The largest absolute Gasteiger partial charge is 0.366 e. The van der Waals surface area contributed by atoms with Crippen molar-refractivity contribution in [3.63, 3.8) is 0 Å². The summed E-state index contributed by atoms with van der Waals surface area (Å²) in [5.41, 5.74) is 11.0. The van der Waals surface area contributed by atoms with E-state index in [9.17, 15) is 9.59 Å². The molecular weight excluding hydrogens is 204 g/mol. The Morgan fingerprint density at radius 1 is 1.12 bits per heavy atom. The van der Waals surface area contributed by atoms with Gasteiger partial charge in [0.2, 0.25) is 11.8 Å². The summed E-state index contributed by atoms with van der Waals surface area (Å²) in [4.78, 5) is 20.2. The third-order valence-electron chi connectivity index (χ3n) is 1.69. The summed E-state index contributed by atoms with van der Waals surface area (Å²) in [7, 11) is 0. The van der Waals surface area contributed by atoms with Crippen LogP contribution in [0.3, 0.4) is 0 Å². The molecule has 4 N–H and O–H groups in total. The number of rotatable bonds is 2. The van der Waals surface area contributed by atoms with E-state index in [0.717, 1.165) is 6.08 Å². The van der Waals surface area contributed by atoms with Crippen LogP contribution in [0.25, 0.3) is 0 Å². The first-order valence-corrected chi connectivity index (χ1v) is 4.72. The van der Waals surface area contributed by atoms with Crippen molar-refractivity contribution < 1.29 is 9.59 Å². The fourth-order valence-corrected chi connectivity index (χ4v) is 0.819. The number of nitrogens with two attached hydrogens (primary N) is 2. The first-order chi connectivity index (χ1) is 7.43. The molecular formula is C12H16N2O2. The van der Waals surface area contributed by atoms with E-state index in [1.165, 1.54) is 12.5 Å². The average molecular weight is 220 g/mol. The summed E-state index contributed by atoms with van der Waals surface area (Å²) in [6.07, 6.45) is 0.988. The smallest absolute Gasteiger partial charge is 0.244 e. The third-order valence-corrected chi connectivity index (χ3v) is 1.69. The molecule has 0 spiro atoms. The highest BCUT2D eigenvalue weighted by Crippen LogP contribution is 1.92. The minimum Gasteiger partial charge on any atom is -0.366 e. The van der Waals surface area contributed by atoms with Crippen molar-refractivity contribution in [2.24, 2.45) is 11.5 Å². The zero-order valence-electron chi connectivity index (χ0n) is 9.44. The minimum absolute atomic E-state index is 0.169. The van der Waals surface area contributed by atoms with Crippen molar-refractivity contribution in [2.75, 3.05) is 0 Å². The molecule has 1 aromatic rings. The Labute approximate surface area is 94.9 Å². The van der Waals surface area contributed by atoms with E-state index >= 15 is 0 Å². The molecule has 1 aromatic carbocycles. The minimum atomic E-state index is -0.661. The Kier molecular flexibility index (Phi) is 6.28. The monoisotopic (exact) mass is 220 g/mol. The summed E-state index contributed by atoms with van der Waals surface area (Å²) in [6, 6.07) is 10.3. The van der Waals surface area contributed by atoms with E-state index in [0.29, 0.717) is 0 Å². The highest BCUT2D eigenvalue weighted by atomic mass is 16.1. The first kappa shape index (κ1) is 13.9. The predicted octanol–water partition coefficient (Wildman–Crippen LogP) is 0.898. The normalized spacial score (nSPS) is 10.0. The number of primary amides is 2. The van der Waals surface area contributed by atoms with E-state index in [1.54, 1.807) is 0 Å². The van der Waals surface area contributed by atoms with Crippen molar-refractivity contribution in [1.82, 2.24) is 0 Å². The molecule has 0 atom stereocenters. The van der Waals surface area contributed by atoms with Gasteiger partial charge < -0.3 is 11.5 Å². The number of benzene rings is 1. The molecule has 0 saturated heterocycles. The summed E-state index contributed by atoms with van der Waals surface area (Å²) in [6.45, 7) is 3.51. The summed E-state index contributed by atoms with van der Waals surface area (Å²) in [5.74, 6) is -1.29. The standard InChI is InChI=1S/C7H8.C5H8N2O2/c1-7-5-3-2-4-6-7;1-3(5(7)9)2-4(6)8/h2-6H,1H3;2H,1H3,(H2,6,8)(H2,7,9)/b;3-2-. The van der Waals surface area contributed by atoms with Gasteiger partial charge in [0, 0.05) is 11.6 Å². The van der Waals surface area contributed by atoms with Crippen molar-refractivity contribution in [3.8, 4) is 0 Å². The second kappa shape index (κ2) is 7.23. The zero-order chi connectivity index (χ0) is 12.6. The van der Waals surface area contributed by atoms with Crippen LogP contribution in [0.2, 0.25) is 0 Å². The van der Waals surface area contributed by atoms with Gasteiger partial charge in [0.05, 0.1) is 0 Å². The van der Waals surface area contributed by atoms with E-state index < -0.39 is 11.8 Å². The van der Waals surface area contributed by atoms with Crippen LogP contribution in [-0.4, -0.2) is 11.8 Å². The number of hydrogen-bond donors (Lipinski definition) is 2. The lowest BCUT2D eigenvalue weighted by Gasteiger charge is -1.88. The second-order valence-corrected chi connectivity index (χ2v) is 3.25. The number of carbonyl (C=O) groups excluding carboxylic acids is 2. The molecule has 2 amide bonds. The molecule has 0 heterocycles. The van der Waals surface area contributed by atoms with Gasteiger partial charge >= 0.3 is 0 Å². The fraction of sp³-hybridized carbons (Fsp3) is 0.167. The van der Waals surface area contributed by atoms with Gasteiger partial charge in [0.15, 0.2) is 0 Å². The van der Waals surface area contributed by atoms with Crippen LogP contribution in [0.15, 0.2) is 42.0 Å². The number of aryl methyl sites for hydroxylation is 1. The Morgan fingerprint density at radius 3 is 1.81 bits per heavy atom. The van der Waals surface area contributed by atoms with Crippen LogP contribution >= 0.6 is 0 Å². The van der Waals surface area contributed by atoms with E-state index in [-0.39, 0.29) is 5.57 Å². The van der Waals surface area contributed by atoms with Crippen molar-refractivity contribution >= 4 is 11.8 Å². The molecule has 4 heteroatoms. The molecule has 1 rings (SSSR count). The maximum absolute atomic E-state index is 10.2. The van der Waals surface area contributed by atoms with Gasteiger partial charge in [-0.05, 0) is 13.8 Å². The Balaban J connectivity index is 0.000000288. The molecule has 0 bridgehead atoms. The van der Waals surface area contributed by atoms with Crippen molar-refractivity contribution in [2.45, 2.75) is 13.8 Å². The maximum atomic E-state index is 10.2. The lowest BCUT2D eigenvalue weighted by Crippen LogP contribution is -2.15. The highest BCUT2D eigenvalue weighted by molar-refractivity contribution is 5.99. The summed E-state index contributed by atoms with van der Waals surface area (Å²) >= 11 is 0. The van der Waals surface area contributed by atoms with Gasteiger partial charge in [-0.25, -0.2) is 0 Å². The van der Waals surface area contributed by atoms with Gasteiger partial charge in [-0.15, -0.1) is 0 Å². The van der Waals surface area contributed by atoms with E-state index in [2.05, 4.69) is 19.1 Å². The molecule has 16 heavy (non-hydrogen) atoms. The van der Waals surface area contributed by atoms with Crippen LogP contribution in [0.5, 0.6) is 0 Å². The topological polar surface area (TPSA) is 86.2 Å². The lowest BCUT2D eigenvalue weighted by atomic mass is 10.2. The summed E-state index contributed by atoms with van der Waals surface area (Å²) < 4.78 is 0. The number of hydrogen-bond acceptors (Lipinski definition) is 2. The molecule has 0 aliphatic carbocycles. The van der Waals surface area contributed by atoms with Gasteiger partial charge in [-0.2, -0.15) is 0 Å². The SMILES string of the molecule is C/C(=C/C(N)=O)C(N)=O.Cc1ccccc1. The van der Waals surface area contributed by atoms with Gasteiger partial charge in [-0.1, -0.05) is 35.9 Å². The van der Waals surface area contributed by atoms with Crippen molar-refractivity contribution in [1.29, 1.82) is 0 Å². The Bertz CT molecular complexity index is 383. The molecule has 0 saturated carbocycles. The molecule has 0 unspecified atom stereocenters. The van der Waals surface area contributed by atoms with E-state index in [1.807, 2.05) is 18.2 Å². The van der Waals surface area contributed by atoms with Crippen LogP contribution in [0.1, 0.15) is 12.5 Å². The van der Waals surface area contributed by atoms with E-state index in [4.69, 9.17) is 11.5 Å². The van der Waals surface area contributed by atoms with Crippen molar-refractivity contribution in [3.05, 3.63) is 47.5 Å². The number of carbonyl (C=O) groups is 2. The average Bonchev–Trinajstić information content (AvgIpc) is 2.18. The van der Waals surface area contributed by atoms with Gasteiger partial charge in [0.25, 0.3) is 0 Å². The first-order valence-electron chi connectivity index (χ1n) is 4.72. The maximum Gasteiger partial charge on any atom is 0.244 e. The predicted molar refractivity (Wildman–Crippen MR) is 63.3 cm³/mol. The second-order valence-electron chi connectivity index (χ2n) is 3.25. The Hall–Kier alpha value is -2.10. The van der Waals surface area contributed by atoms with Gasteiger partial charge in [-0.3, -0.25) is 9.59 Å². The molecule has 86 valence electrons. The van der Waals surface area contributed by atoms with Crippen LogP contribution in [0, 0.1) is 6.92 Å². The zero-order valence-corrected chi connectivity index (χ0v) is 9.44. The summed E-state index contributed by atoms with van der Waals surface area (Å²) in [5, 5.41) is 0. The van der Waals surface area contributed by atoms with Gasteiger partial charge in [0.1, 0.15) is 0 Å². The molecule has 0 fully saturated rings. The Morgan fingerprint density at radius 2 is 1.62 bits per heavy atom. The third kappa shape index (κ3) is 7.32. The molecule has 0 aliphatic heterocycles. The lowest BCUT2D eigenvalue weighted by molar-refractivity contribution is -0.116.